The number of rotatable bonds is 6. The Morgan fingerprint density at radius 3 is 2.65 bits per heavy atom. The van der Waals surface area contributed by atoms with E-state index in [1.807, 2.05) is 13.0 Å². The molecule has 0 amide bonds. The van der Waals surface area contributed by atoms with Crippen LogP contribution in [0.1, 0.15) is 18.2 Å². The van der Waals surface area contributed by atoms with Crippen LogP contribution in [0.25, 0.3) is 22.1 Å². The molecule has 0 aliphatic rings. The molecule has 6 nitrogen and oxygen atoms in total. The number of anilines is 2. The molecule has 0 saturated carbocycles. The first kappa shape index (κ1) is 20.9. The van der Waals surface area contributed by atoms with Gasteiger partial charge in [-0.3, -0.25) is 4.78 Å². The Hall–Kier alpha value is -3.33. The number of aryl methyl sites for hydroxylation is 1. The molecule has 2 N–H and O–H groups in total. The number of furan rings is 1. The van der Waals surface area contributed by atoms with Gasteiger partial charge in [0.2, 0.25) is 0 Å². The molecular formula is C22H20F2N4O2S. The molecule has 1 unspecified atom stereocenters. The van der Waals surface area contributed by atoms with Gasteiger partial charge >= 0.3 is 0 Å². The van der Waals surface area contributed by atoms with Crippen LogP contribution >= 0.6 is 0 Å². The number of nitrogens with zero attached hydrogens (tertiary/aromatic N) is 2. The molecule has 0 spiro atoms. The minimum absolute atomic E-state index is 0.103. The first-order valence-electron chi connectivity index (χ1n) is 9.53. The van der Waals surface area contributed by atoms with Crippen molar-refractivity contribution in [3.8, 4) is 11.1 Å². The van der Waals surface area contributed by atoms with Crippen LogP contribution in [0, 0.1) is 16.4 Å². The molecular weight excluding hydrogens is 422 g/mol. The highest BCUT2D eigenvalue weighted by atomic mass is 32.2. The molecule has 4 aromatic rings. The Balaban J connectivity index is 1.73. The summed E-state index contributed by atoms with van der Waals surface area (Å²) in [4.78, 5) is 8.57. The predicted molar refractivity (Wildman–Crippen MR) is 117 cm³/mol. The highest BCUT2D eigenvalue weighted by molar-refractivity contribution is 7.90. The van der Waals surface area contributed by atoms with Crippen molar-refractivity contribution in [2.75, 3.05) is 11.6 Å². The van der Waals surface area contributed by atoms with E-state index < -0.39 is 21.4 Å². The van der Waals surface area contributed by atoms with Crippen LogP contribution in [-0.4, -0.2) is 20.4 Å². The van der Waals surface area contributed by atoms with Crippen molar-refractivity contribution in [2.24, 2.45) is 0 Å². The standard InChI is InChI=1S/C22H20F2N4O2S/c1-3-14-8-13(12-31(2,25)29)9-21(27-14)28-20-10-17(19(24)11-26-20)15-4-5-18(23)16-6-7-30-22(15)16/h4-11,25H,3,12H2,1-2H3,(H,26,27,28). The largest absolute Gasteiger partial charge is 0.464 e. The van der Waals surface area contributed by atoms with Gasteiger partial charge in [-0.2, -0.15) is 0 Å². The van der Waals surface area contributed by atoms with Gasteiger partial charge in [0.25, 0.3) is 0 Å². The fourth-order valence-electron chi connectivity index (χ4n) is 3.38. The van der Waals surface area contributed by atoms with Crippen LogP contribution in [0.2, 0.25) is 0 Å². The first-order valence-corrected chi connectivity index (χ1v) is 11.7. The van der Waals surface area contributed by atoms with Crippen LogP contribution in [0.4, 0.5) is 20.4 Å². The normalized spacial score (nSPS) is 13.3. The highest BCUT2D eigenvalue weighted by Gasteiger charge is 2.16. The minimum atomic E-state index is -2.72. The summed E-state index contributed by atoms with van der Waals surface area (Å²) in [6, 6.07) is 9.23. The number of fused-ring (bicyclic) bond motifs is 1. The maximum atomic E-state index is 14.6. The zero-order chi connectivity index (χ0) is 22.2. The number of hydrogen-bond donors (Lipinski definition) is 2. The molecule has 1 aromatic carbocycles. The maximum absolute atomic E-state index is 14.6. The molecule has 0 aliphatic heterocycles. The Labute approximate surface area is 178 Å². The summed E-state index contributed by atoms with van der Waals surface area (Å²) in [6.07, 6.45) is 4.47. The van der Waals surface area contributed by atoms with Crippen molar-refractivity contribution < 1.29 is 17.4 Å². The molecule has 0 bridgehead atoms. The minimum Gasteiger partial charge on any atom is -0.464 e. The van der Waals surface area contributed by atoms with Gasteiger partial charge in [0.15, 0.2) is 0 Å². The molecule has 1 atom stereocenters. The predicted octanol–water partition coefficient (Wildman–Crippen LogP) is 5.65. The lowest BCUT2D eigenvalue weighted by Crippen LogP contribution is -2.04. The Morgan fingerprint density at radius 1 is 1.10 bits per heavy atom. The van der Waals surface area contributed by atoms with Crippen molar-refractivity contribution in [3.63, 3.8) is 0 Å². The number of benzene rings is 1. The van der Waals surface area contributed by atoms with Crippen LogP contribution < -0.4 is 5.32 Å². The fraction of sp³-hybridized carbons (Fsp3) is 0.182. The van der Waals surface area contributed by atoms with Gasteiger partial charge in [0.1, 0.15) is 28.9 Å². The second-order valence-corrected chi connectivity index (χ2v) is 9.59. The summed E-state index contributed by atoms with van der Waals surface area (Å²) in [6.45, 7) is 1.94. The zero-order valence-electron chi connectivity index (χ0n) is 16.9. The van der Waals surface area contributed by atoms with Gasteiger partial charge in [-0.15, -0.1) is 0 Å². The van der Waals surface area contributed by atoms with Gasteiger partial charge in [0, 0.05) is 32.8 Å². The smallest absolute Gasteiger partial charge is 0.149 e. The average molecular weight is 442 g/mol. The number of halogens is 2. The molecule has 0 saturated heterocycles. The second-order valence-electron chi connectivity index (χ2n) is 7.29. The van der Waals surface area contributed by atoms with E-state index in [4.69, 9.17) is 9.20 Å². The molecule has 9 heteroatoms. The van der Waals surface area contributed by atoms with E-state index in [9.17, 15) is 13.0 Å². The molecule has 4 rings (SSSR count). The molecule has 0 radical (unpaired) electrons. The van der Waals surface area contributed by atoms with E-state index in [1.165, 1.54) is 36.8 Å². The highest BCUT2D eigenvalue weighted by Crippen LogP contribution is 2.34. The molecule has 3 aromatic heterocycles. The van der Waals surface area contributed by atoms with Crippen molar-refractivity contribution in [1.29, 1.82) is 4.78 Å². The van der Waals surface area contributed by atoms with Gasteiger partial charge in [0.05, 0.1) is 23.6 Å². The second kappa shape index (κ2) is 8.07. The number of aromatic nitrogens is 2. The fourth-order valence-corrected chi connectivity index (χ4v) is 4.18. The third-order valence-electron chi connectivity index (χ3n) is 4.71. The van der Waals surface area contributed by atoms with Gasteiger partial charge in [-0.05, 0) is 48.4 Å². The van der Waals surface area contributed by atoms with E-state index in [1.54, 1.807) is 6.07 Å². The van der Waals surface area contributed by atoms with Crippen LogP contribution in [0.3, 0.4) is 0 Å². The van der Waals surface area contributed by atoms with E-state index in [-0.39, 0.29) is 22.3 Å². The van der Waals surface area contributed by atoms with Crippen molar-refractivity contribution in [2.45, 2.75) is 19.1 Å². The SMILES string of the molecule is CCc1cc(CS(C)(=N)=O)cc(Nc2cc(-c3ccc(F)c4ccoc34)c(F)cn2)n1. The third kappa shape index (κ3) is 4.56. The van der Waals surface area contributed by atoms with E-state index >= 15 is 0 Å². The summed E-state index contributed by atoms with van der Waals surface area (Å²) < 4.78 is 53.6. The lowest BCUT2D eigenvalue weighted by Gasteiger charge is -2.12. The Kier molecular flexibility index (Phi) is 5.45. The molecule has 0 aliphatic carbocycles. The van der Waals surface area contributed by atoms with E-state index in [0.717, 1.165) is 17.5 Å². The number of pyridine rings is 2. The summed E-state index contributed by atoms with van der Waals surface area (Å²) in [5.74, 6) is -0.146. The van der Waals surface area contributed by atoms with E-state index in [2.05, 4.69) is 15.3 Å². The monoisotopic (exact) mass is 442 g/mol. The Bertz CT molecular complexity index is 1380. The zero-order valence-corrected chi connectivity index (χ0v) is 17.7. The summed E-state index contributed by atoms with van der Waals surface area (Å²) in [5.41, 5.74) is 2.33. The lowest BCUT2D eigenvalue weighted by atomic mass is 10.0. The average Bonchev–Trinajstić information content (AvgIpc) is 3.19. The summed E-state index contributed by atoms with van der Waals surface area (Å²) in [5, 5.41) is 3.32. The summed E-state index contributed by atoms with van der Waals surface area (Å²) >= 11 is 0. The Morgan fingerprint density at radius 2 is 1.90 bits per heavy atom. The van der Waals surface area contributed by atoms with Gasteiger partial charge in [-0.25, -0.2) is 23.0 Å². The molecule has 160 valence electrons. The number of nitrogens with one attached hydrogen (secondary N) is 2. The van der Waals surface area contributed by atoms with Crippen LogP contribution in [0.5, 0.6) is 0 Å². The quantitative estimate of drug-likeness (QED) is 0.403. The van der Waals surface area contributed by atoms with E-state index in [0.29, 0.717) is 23.6 Å². The van der Waals surface area contributed by atoms with Crippen molar-refractivity contribution in [1.82, 2.24) is 9.97 Å². The summed E-state index contributed by atoms with van der Waals surface area (Å²) in [7, 11) is -2.72. The lowest BCUT2D eigenvalue weighted by molar-refractivity contribution is 0.607. The third-order valence-corrected chi connectivity index (χ3v) is 5.59. The maximum Gasteiger partial charge on any atom is 0.149 e. The van der Waals surface area contributed by atoms with Crippen molar-refractivity contribution in [3.05, 3.63) is 71.8 Å². The van der Waals surface area contributed by atoms with Crippen LogP contribution in [0.15, 0.2) is 53.3 Å². The topological polar surface area (TPSA) is 91.9 Å². The van der Waals surface area contributed by atoms with Crippen LogP contribution in [-0.2, 0) is 21.9 Å². The first-order chi connectivity index (χ1) is 14.7. The molecule has 3 heterocycles. The molecule has 31 heavy (non-hydrogen) atoms. The van der Waals surface area contributed by atoms with Gasteiger partial charge in [-0.1, -0.05) is 6.92 Å². The van der Waals surface area contributed by atoms with Gasteiger partial charge < -0.3 is 9.73 Å². The molecule has 0 fully saturated rings. The van der Waals surface area contributed by atoms with Crippen molar-refractivity contribution >= 4 is 32.3 Å². The number of hydrogen-bond acceptors (Lipinski definition) is 6.